The molecule has 5 rings (SSSR count). The van der Waals surface area contributed by atoms with Gasteiger partial charge in [-0.05, 0) is 61.9 Å². The van der Waals surface area contributed by atoms with Gasteiger partial charge in [-0.3, -0.25) is 4.68 Å². The Labute approximate surface area is 182 Å². The van der Waals surface area contributed by atoms with Crippen LogP contribution in [-0.4, -0.2) is 52.1 Å². The molecule has 0 amide bonds. The highest BCUT2D eigenvalue weighted by Gasteiger charge is 2.25. The first kappa shape index (κ1) is 20.0. The van der Waals surface area contributed by atoms with E-state index >= 15 is 0 Å². The van der Waals surface area contributed by atoms with Crippen molar-refractivity contribution in [1.29, 1.82) is 5.26 Å². The standard InChI is InChI=1S/C25H28N4O2/c26-13-18-9-11-28(12-10-18)16-21(30)17-31-25-8-7-22(23-3-1-2-4-24(23)25)19-14-27-29(15-19)20-5-6-20/h1-4,7-8,14-15,18,20-21,30H,5-6,9-12,16-17H2. The molecule has 1 saturated heterocycles. The van der Waals surface area contributed by atoms with Gasteiger partial charge in [-0.1, -0.05) is 24.3 Å². The highest BCUT2D eigenvalue weighted by Crippen LogP contribution is 2.38. The monoisotopic (exact) mass is 416 g/mol. The van der Waals surface area contributed by atoms with E-state index in [9.17, 15) is 5.11 Å². The Morgan fingerprint density at radius 1 is 1.10 bits per heavy atom. The second-order valence-corrected chi connectivity index (χ2v) is 8.77. The van der Waals surface area contributed by atoms with E-state index in [1.54, 1.807) is 0 Å². The van der Waals surface area contributed by atoms with E-state index in [0.29, 0.717) is 12.6 Å². The summed E-state index contributed by atoms with van der Waals surface area (Å²) >= 11 is 0. The Morgan fingerprint density at radius 3 is 2.61 bits per heavy atom. The molecule has 2 heterocycles. The van der Waals surface area contributed by atoms with Crippen molar-refractivity contribution in [3.05, 3.63) is 48.8 Å². The van der Waals surface area contributed by atoms with Gasteiger partial charge in [0.05, 0.1) is 18.3 Å². The van der Waals surface area contributed by atoms with E-state index in [1.165, 1.54) is 12.8 Å². The van der Waals surface area contributed by atoms with Crippen LogP contribution in [0.15, 0.2) is 48.8 Å². The van der Waals surface area contributed by atoms with Crippen LogP contribution >= 0.6 is 0 Å². The molecule has 6 heteroatoms. The number of ether oxygens (including phenoxy) is 1. The normalized spacial score (nSPS) is 18.7. The van der Waals surface area contributed by atoms with Crippen molar-refractivity contribution in [3.63, 3.8) is 0 Å². The SMILES string of the molecule is N#CC1CCN(CC(O)COc2ccc(-c3cnn(C4CC4)c3)c3ccccc23)CC1. The van der Waals surface area contributed by atoms with E-state index in [0.717, 1.165) is 53.6 Å². The maximum absolute atomic E-state index is 10.5. The minimum Gasteiger partial charge on any atom is -0.490 e. The predicted octanol–water partition coefficient (Wildman–Crippen LogP) is 4.01. The van der Waals surface area contributed by atoms with Crippen molar-refractivity contribution in [2.75, 3.05) is 26.2 Å². The summed E-state index contributed by atoms with van der Waals surface area (Å²) in [6, 6.07) is 15.2. The second-order valence-electron chi connectivity index (χ2n) is 8.77. The molecule has 31 heavy (non-hydrogen) atoms. The maximum atomic E-state index is 10.5. The lowest BCUT2D eigenvalue weighted by atomic mass is 9.98. The largest absolute Gasteiger partial charge is 0.490 e. The molecule has 2 aromatic carbocycles. The molecular formula is C25H28N4O2. The Balaban J connectivity index is 1.27. The molecule has 6 nitrogen and oxygen atoms in total. The molecule has 2 fully saturated rings. The smallest absolute Gasteiger partial charge is 0.127 e. The molecule has 1 saturated carbocycles. The summed E-state index contributed by atoms with van der Waals surface area (Å²) < 4.78 is 8.13. The molecule has 1 aliphatic carbocycles. The number of aliphatic hydroxyl groups is 1. The lowest BCUT2D eigenvalue weighted by molar-refractivity contribution is 0.0588. The quantitative estimate of drug-likeness (QED) is 0.630. The first-order chi connectivity index (χ1) is 15.2. The van der Waals surface area contributed by atoms with Crippen LogP contribution in [-0.2, 0) is 0 Å². The number of β-amino-alcohol motifs (C(OH)–C–C–N with tert-alkyl or cyclic N) is 1. The van der Waals surface area contributed by atoms with Gasteiger partial charge < -0.3 is 14.7 Å². The first-order valence-electron chi connectivity index (χ1n) is 11.2. The molecule has 1 aliphatic heterocycles. The molecule has 1 aromatic heterocycles. The molecular weight excluding hydrogens is 388 g/mol. The van der Waals surface area contributed by atoms with Crippen LogP contribution < -0.4 is 4.74 Å². The van der Waals surface area contributed by atoms with Gasteiger partial charge in [-0.15, -0.1) is 0 Å². The maximum Gasteiger partial charge on any atom is 0.127 e. The number of aromatic nitrogens is 2. The van der Waals surface area contributed by atoms with Crippen LogP contribution in [0.2, 0.25) is 0 Å². The molecule has 1 unspecified atom stereocenters. The van der Waals surface area contributed by atoms with Crippen LogP contribution in [0.3, 0.4) is 0 Å². The number of likely N-dealkylation sites (tertiary alicyclic amines) is 1. The Bertz CT molecular complexity index is 1090. The van der Waals surface area contributed by atoms with Gasteiger partial charge >= 0.3 is 0 Å². The fraction of sp³-hybridized carbons (Fsp3) is 0.440. The molecule has 0 spiro atoms. The van der Waals surface area contributed by atoms with Gasteiger partial charge in [0.1, 0.15) is 18.5 Å². The van der Waals surface area contributed by atoms with Gasteiger partial charge in [-0.25, -0.2) is 0 Å². The number of nitrogens with zero attached hydrogens (tertiary/aromatic N) is 4. The van der Waals surface area contributed by atoms with Crippen molar-refractivity contribution < 1.29 is 9.84 Å². The molecule has 160 valence electrons. The Kier molecular flexibility index (Phi) is 5.63. The molecule has 0 bridgehead atoms. The molecule has 0 radical (unpaired) electrons. The topological polar surface area (TPSA) is 74.3 Å². The number of rotatable bonds is 7. The van der Waals surface area contributed by atoms with Gasteiger partial charge in [0.25, 0.3) is 0 Å². The first-order valence-corrected chi connectivity index (χ1v) is 11.2. The third kappa shape index (κ3) is 4.43. The summed E-state index contributed by atoms with van der Waals surface area (Å²) in [4.78, 5) is 2.22. The third-order valence-electron chi connectivity index (χ3n) is 6.39. The number of nitriles is 1. The lowest BCUT2D eigenvalue weighted by Gasteiger charge is -2.30. The minimum atomic E-state index is -0.561. The highest BCUT2D eigenvalue weighted by atomic mass is 16.5. The van der Waals surface area contributed by atoms with E-state index in [4.69, 9.17) is 10.00 Å². The van der Waals surface area contributed by atoms with Crippen LogP contribution in [0.5, 0.6) is 5.75 Å². The van der Waals surface area contributed by atoms with Crippen molar-refractivity contribution in [1.82, 2.24) is 14.7 Å². The Hall–Kier alpha value is -2.88. The van der Waals surface area contributed by atoms with Crippen LogP contribution in [0.25, 0.3) is 21.9 Å². The average Bonchev–Trinajstić information content (AvgIpc) is 3.55. The zero-order valence-corrected chi connectivity index (χ0v) is 17.7. The number of fused-ring (bicyclic) bond motifs is 1. The van der Waals surface area contributed by atoms with Gasteiger partial charge in [0.15, 0.2) is 0 Å². The van der Waals surface area contributed by atoms with E-state index in [2.05, 4.69) is 45.1 Å². The molecule has 2 aliphatic rings. The lowest BCUT2D eigenvalue weighted by Crippen LogP contribution is -2.40. The van der Waals surface area contributed by atoms with E-state index in [-0.39, 0.29) is 12.5 Å². The van der Waals surface area contributed by atoms with Crippen molar-refractivity contribution >= 4 is 10.8 Å². The molecule has 3 aromatic rings. The van der Waals surface area contributed by atoms with Crippen molar-refractivity contribution in [2.24, 2.45) is 5.92 Å². The summed E-state index contributed by atoms with van der Waals surface area (Å²) in [5.74, 6) is 0.946. The zero-order chi connectivity index (χ0) is 21.2. The van der Waals surface area contributed by atoms with Gasteiger partial charge in [-0.2, -0.15) is 10.4 Å². The second kappa shape index (κ2) is 8.70. The summed E-state index contributed by atoms with van der Waals surface area (Å²) in [5, 5.41) is 26.3. The number of aliphatic hydroxyl groups excluding tert-OH is 1. The van der Waals surface area contributed by atoms with Crippen LogP contribution in [0.1, 0.15) is 31.7 Å². The Morgan fingerprint density at radius 2 is 1.87 bits per heavy atom. The molecule has 1 atom stereocenters. The number of benzene rings is 2. The fourth-order valence-electron chi connectivity index (χ4n) is 4.45. The van der Waals surface area contributed by atoms with Crippen LogP contribution in [0.4, 0.5) is 0 Å². The van der Waals surface area contributed by atoms with Gasteiger partial charge in [0.2, 0.25) is 0 Å². The number of hydrogen-bond donors (Lipinski definition) is 1. The summed E-state index contributed by atoms with van der Waals surface area (Å²) in [5.41, 5.74) is 2.27. The molecule has 1 N–H and O–H groups in total. The number of hydrogen-bond acceptors (Lipinski definition) is 5. The van der Waals surface area contributed by atoms with E-state index in [1.807, 2.05) is 24.4 Å². The summed E-state index contributed by atoms with van der Waals surface area (Å²) in [7, 11) is 0. The van der Waals surface area contributed by atoms with Crippen molar-refractivity contribution in [2.45, 2.75) is 37.8 Å². The minimum absolute atomic E-state index is 0.158. The van der Waals surface area contributed by atoms with Crippen LogP contribution in [0, 0.1) is 17.2 Å². The summed E-state index contributed by atoms with van der Waals surface area (Å²) in [6.07, 6.45) is 7.72. The number of piperidine rings is 1. The van der Waals surface area contributed by atoms with Gasteiger partial charge in [0, 0.05) is 29.6 Å². The van der Waals surface area contributed by atoms with Crippen molar-refractivity contribution in [3.8, 4) is 22.9 Å². The third-order valence-corrected chi connectivity index (χ3v) is 6.39. The zero-order valence-electron chi connectivity index (χ0n) is 17.7. The predicted molar refractivity (Wildman–Crippen MR) is 120 cm³/mol. The fourth-order valence-corrected chi connectivity index (χ4v) is 4.45. The average molecular weight is 417 g/mol. The highest BCUT2D eigenvalue weighted by molar-refractivity contribution is 5.99. The van der Waals surface area contributed by atoms with E-state index < -0.39 is 6.10 Å². The summed E-state index contributed by atoms with van der Waals surface area (Å²) in [6.45, 7) is 2.55.